The first kappa shape index (κ1) is 18.0. The van der Waals surface area contributed by atoms with E-state index in [9.17, 15) is 0 Å². The van der Waals surface area contributed by atoms with Crippen LogP contribution in [0.5, 0.6) is 0 Å². The van der Waals surface area contributed by atoms with Crippen LogP contribution in [0.2, 0.25) is 5.02 Å². The van der Waals surface area contributed by atoms with Crippen molar-refractivity contribution in [3.63, 3.8) is 0 Å². The van der Waals surface area contributed by atoms with Gasteiger partial charge in [0.1, 0.15) is 0 Å². The molecule has 2 N–H and O–H groups in total. The highest BCUT2D eigenvalue weighted by atomic mass is 35.5. The third-order valence-electron chi connectivity index (χ3n) is 4.22. The summed E-state index contributed by atoms with van der Waals surface area (Å²) in [5.41, 5.74) is 2.20. The van der Waals surface area contributed by atoms with Crippen LogP contribution in [-0.4, -0.2) is 37.6 Å². The molecule has 1 aromatic carbocycles. The van der Waals surface area contributed by atoms with Gasteiger partial charge in [-0.3, -0.25) is 4.99 Å². The van der Waals surface area contributed by atoms with E-state index in [4.69, 9.17) is 16.6 Å². The third-order valence-corrected chi connectivity index (χ3v) is 5.54. The minimum atomic E-state index is 0.648. The molecule has 0 radical (unpaired) electrons. The number of thiazole rings is 1. The fourth-order valence-corrected chi connectivity index (χ4v) is 3.93. The highest BCUT2D eigenvalue weighted by Gasteiger charge is 2.15. The van der Waals surface area contributed by atoms with Gasteiger partial charge in [-0.2, -0.15) is 0 Å². The maximum absolute atomic E-state index is 6.18. The molecule has 3 rings (SSSR count). The average molecular weight is 378 g/mol. The minimum absolute atomic E-state index is 0.648. The molecule has 1 aliphatic heterocycles. The van der Waals surface area contributed by atoms with E-state index in [1.165, 1.54) is 12.8 Å². The van der Waals surface area contributed by atoms with Gasteiger partial charge in [0, 0.05) is 50.1 Å². The van der Waals surface area contributed by atoms with Crippen molar-refractivity contribution in [1.82, 2.24) is 15.6 Å². The van der Waals surface area contributed by atoms with Crippen LogP contribution in [0.15, 0.2) is 34.6 Å². The van der Waals surface area contributed by atoms with Crippen LogP contribution in [0.25, 0.3) is 0 Å². The van der Waals surface area contributed by atoms with Crippen LogP contribution in [-0.2, 0) is 13.0 Å². The van der Waals surface area contributed by atoms with Crippen LogP contribution in [0.1, 0.15) is 24.1 Å². The molecular weight excluding hydrogens is 354 g/mol. The summed E-state index contributed by atoms with van der Waals surface area (Å²) in [6, 6.07) is 7.83. The Bertz CT molecular complexity index is 709. The monoisotopic (exact) mass is 377 g/mol. The molecule has 134 valence electrons. The topological polar surface area (TPSA) is 52.6 Å². The van der Waals surface area contributed by atoms with E-state index in [1.54, 1.807) is 18.4 Å². The van der Waals surface area contributed by atoms with Gasteiger partial charge in [0.25, 0.3) is 0 Å². The predicted octanol–water partition coefficient (Wildman–Crippen LogP) is 3.30. The fourth-order valence-electron chi connectivity index (χ4n) is 2.82. The van der Waals surface area contributed by atoms with Gasteiger partial charge in [-0.25, -0.2) is 4.98 Å². The van der Waals surface area contributed by atoms with Crippen LogP contribution in [0.4, 0.5) is 5.13 Å². The molecule has 0 amide bonds. The van der Waals surface area contributed by atoms with Gasteiger partial charge >= 0.3 is 0 Å². The molecule has 0 aliphatic carbocycles. The summed E-state index contributed by atoms with van der Waals surface area (Å²) in [6.45, 7) is 3.73. The van der Waals surface area contributed by atoms with Crippen LogP contribution in [0.3, 0.4) is 0 Å². The zero-order valence-electron chi connectivity index (χ0n) is 14.5. The Morgan fingerprint density at radius 2 is 2.08 bits per heavy atom. The number of hydrogen-bond donors (Lipinski definition) is 2. The maximum Gasteiger partial charge on any atom is 0.191 e. The molecule has 25 heavy (non-hydrogen) atoms. The molecule has 1 saturated heterocycles. The Kier molecular flexibility index (Phi) is 6.53. The second-order valence-corrected chi connectivity index (χ2v) is 7.25. The van der Waals surface area contributed by atoms with Crippen molar-refractivity contribution in [3.05, 3.63) is 45.9 Å². The Balaban J connectivity index is 1.43. The number of guanidine groups is 1. The smallest absolute Gasteiger partial charge is 0.191 e. The number of benzene rings is 1. The van der Waals surface area contributed by atoms with E-state index in [2.05, 4.69) is 25.9 Å². The van der Waals surface area contributed by atoms with E-state index < -0.39 is 0 Å². The van der Waals surface area contributed by atoms with E-state index in [1.807, 2.05) is 24.3 Å². The lowest BCUT2D eigenvalue weighted by Gasteiger charge is -2.13. The Labute approximate surface area is 158 Å². The molecule has 5 nitrogen and oxygen atoms in total. The normalized spacial score (nSPS) is 14.8. The summed E-state index contributed by atoms with van der Waals surface area (Å²) in [6.07, 6.45) is 3.45. The Morgan fingerprint density at radius 3 is 2.84 bits per heavy atom. The highest BCUT2D eigenvalue weighted by Crippen LogP contribution is 2.24. The number of aliphatic imine (C=N–C) groups is 1. The summed E-state index contributed by atoms with van der Waals surface area (Å²) in [7, 11) is 1.77. The van der Waals surface area contributed by atoms with Gasteiger partial charge in [-0.05, 0) is 24.5 Å². The maximum atomic E-state index is 6.18. The van der Waals surface area contributed by atoms with Crippen LogP contribution >= 0.6 is 22.9 Å². The molecule has 7 heteroatoms. The van der Waals surface area contributed by atoms with Crippen molar-refractivity contribution in [2.24, 2.45) is 4.99 Å². The zero-order valence-corrected chi connectivity index (χ0v) is 16.0. The Morgan fingerprint density at radius 1 is 1.28 bits per heavy atom. The van der Waals surface area contributed by atoms with Crippen molar-refractivity contribution < 1.29 is 0 Å². The second kappa shape index (κ2) is 9.06. The number of hydrogen-bond acceptors (Lipinski definition) is 4. The van der Waals surface area contributed by atoms with E-state index in [0.717, 1.165) is 53.4 Å². The molecule has 1 fully saturated rings. The number of aromatic nitrogens is 1. The lowest BCUT2D eigenvalue weighted by atomic mass is 10.2. The standard InChI is InChI=1S/C18H24ClN5S/c1-20-17(22-12-14-6-2-3-7-16(14)19)21-9-8-15-13-25-18(23-15)24-10-4-5-11-24/h2-3,6-7,13H,4-5,8-12H2,1H3,(H2,20,21,22). The summed E-state index contributed by atoms with van der Waals surface area (Å²) < 4.78 is 0. The molecular formula is C18H24ClN5S. The van der Waals surface area contributed by atoms with Crippen molar-refractivity contribution in [2.75, 3.05) is 31.6 Å². The van der Waals surface area contributed by atoms with Gasteiger partial charge in [-0.1, -0.05) is 29.8 Å². The van der Waals surface area contributed by atoms with E-state index in [-0.39, 0.29) is 0 Å². The lowest BCUT2D eigenvalue weighted by molar-refractivity contribution is 0.785. The van der Waals surface area contributed by atoms with Gasteiger partial charge in [0.15, 0.2) is 11.1 Å². The van der Waals surface area contributed by atoms with Crippen LogP contribution in [0, 0.1) is 0 Å². The summed E-state index contributed by atoms with van der Waals surface area (Å²) in [4.78, 5) is 11.4. The average Bonchev–Trinajstić information content (AvgIpc) is 3.30. The quantitative estimate of drug-likeness (QED) is 0.599. The molecule has 0 bridgehead atoms. The highest BCUT2D eigenvalue weighted by molar-refractivity contribution is 7.13. The van der Waals surface area contributed by atoms with Crippen molar-refractivity contribution >= 4 is 34.0 Å². The molecule has 0 atom stereocenters. The first-order valence-corrected chi connectivity index (χ1v) is 9.89. The second-order valence-electron chi connectivity index (χ2n) is 6.01. The predicted molar refractivity (Wildman–Crippen MR) is 107 cm³/mol. The molecule has 1 aromatic heterocycles. The number of anilines is 1. The SMILES string of the molecule is CN=C(NCCc1csc(N2CCCC2)n1)NCc1ccccc1Cl. The molecule has 0 spiro atoms. The molecule has 0 saturated carbocycles. The molecule has 0 unspecified atom stereocenters. The Hall–Kier alpha value is -1.79. The molecule has 2 aromatic rings. The van der Waals surface area contributed by atoms with Gasteiger partial charge in [-0.15, -0.1) is 11.3 Å². The van der Waals surface area contributed by atoms with Crippen LogP contribution < -0.4 is 15.5 Å². The number of rotatable bonds is 6. The van der Waals surface area contributed by atoms with Crippen molar-refractivity contribution in [3.8, 4) is 0 Å². The first-order valence-electron chi connectivity index (χ1n) is 8.63. The largest absolute Gasteiger partial charge is 0.356 e. The zero-order chi connectivity index (χ0) is 17.5. The van der Waals surface area contributed by atoms with E-state index >= 15 is 0 Å². The number of halogens is 1. The van der Waals surface area contributed by atoms with Gasteiger partial charge in [0.2, 0.25) is 0 Å². The van der Waals surface area contributed by atoms with Crippen molar-refractivity contribution in [2.45, 2.75) is 25.8 Å². The van der Waals surface area contributed by atoms with Gasteiger partial charge in [0.05, 0.1) is 5.69 Å². The first-order chi connectivity index (χ1) is 12.3. The van der Waals surface area contributed by atoms with Gasteiger partial charge < -0.3 is 15.5 Å². The van der Waals surface area contributed by atoms with Crippen molar-refractivity contribution in [1.29, 1.82) is 0 Å². The number of nitrogens with one attached hydrogen (secondary N) is 2. The van der Waals surface area contributed by atoms with E-state index in [0.29, 0.717) is 6.54 Å². The summed E-state index contributed by atoms with van der Waals surface area (Å²) in [5.74, 6) is 0.773. The molecule has 1 aliphatic rings. The molecule has 2 heterocycles. The minimum Gasteiger partial charge on any atom is -0.356 e. The lowest BCUT2D eigenvalue weighted by Crippen LogP contribution is -2.37. The third kappa shape index (κ3) is 5.09. The number of nitrogens with zero attached hydrogens (tertiary/aromatic N) is 3. The fraction of sp³-hybridized carbons (Fsp3) is 0.444. The summed E-state index contributed by atoms with van der Waals surface area (Å²) in [5, 5.41) is 10.7. The summed E-state index contributed by atoms with van der Waals surface area (Å²) >= 11 is 7.93.